The Kier molecular flexibility index (Phi) is 5.13. The number of hydrogen-bond donors (Lipinski definition) is 1. The number of amides is 1. The summed E-state index contributed by atoms with van der Waals surface area (Å²) in [6.07, 6.45) is 1.82. The van der Waals surface area contributed by atoms with Gasteiger partial charge in [0.05, 0.1) is 26.9 Å². The van der Waals surface area contributed by atoms with E-state index in [1.807, 2.05) is 12.1 Å². The number of benzene rings is 2. The Labute approximate surface area is 165 Å². The molecule has 1 heterocycles. The molecule has 28 heavy (non-hydrogen) atoms. The van der Waals surface area contributed by atoms with Gasteiger partial charge in [0, 0.05) is 31.3 Å². The van der Waals surface area contributed by atoms with Gasteiger partial charge in [-0.05, 0) is 24.0 Å². The van der Waals surface area contributed by atoms with Gasteiger partial charge in [0.25, 0.3) is 0 Å². The maximum Gasteiger partial charge on any atom is 0.238 e. The summed E-state index contributed by atoms with van der Waals surface area (Å²) in [7, 11) is 4.86. The van der Waals surface area contributed by atoms with E-state index in [0.29, 0.717) is 23.8 Å². The van der Waals surface area contributed by atoms with Crippen LogP contribution in [0.3, 0.4) is 0 Å². The Morgan fingerprint density at radius 1 is 1.04 bits per heavy atom. The monoisotopic (exact) mass is 382 g/mol. The number of methoxy groups -OCH3 is 3. The molecule has 6 nitrogen and oxygen atoms in total. The zero-order valence-electron chi connectivity index (χ0n) is 16.5. The topological polar surface area (TPSA) is 59.8 Å². The van der Waals surface area contributed by atoms with Gasteiger partial charge in [-0.2, -0.15) is 0 Å². The molecule has 2 atom stereocenters. The van der Waals surface area contributed by atoms with Crippen LogP contribution in [0.2, 0.25) is 0 Å². The lowest BCUT2D eigenvalue weighted by Crippen LogP contribution is -2.39. The maximum atomic E-state index is 12.7. The highest BCUT2D eigenvalue weighted by molar-refractivity contribution is 5.85. The summed E-state index contributed by atoms with van der Waals surface area (Å²) >= 11 is 0. The Balaban J connectivity index is 1.38. The Bertz CT molecular complexity index is 833. The molecule has 1 saturated heterocycles. The lowest BCUT2D eigenvalue weighted by atomic mass is 10.1. The molecule has 0 spiro atoms. The minimum absolute atomic E-state index is 0.0970. The number of hydrogen-bond acceptors (Lipinski definition) is 5. The van der Waals surface area contributed by atoms with Gasteiger partial charge in [-0.1, -0.05) is 24.3 Å². The largest absolute Gasteiger partial charge is 0.496 e. The minimum Gasteiger partial charge on any atom is -0.496 e. The van der Waals surface area contributed by atoms with Gasteiger partial charge in [-0.15, -0.1) is 0 Å². The van der Waals surface area contributed by atoms with E-state index >= 15 is 0 Å². The van der Waals surface area contributed by atoms with Gasteiger partial charge in [-0.25, -0.2) is 0 Å². The van der Waals surface area contributed by atoms with Gasteiger partial charge >= 0.3 is 0 Å². The van der Waals surface area contributed by atoms with Crippen LogP contribution < -0.4 is 19.5 Å². The Hall–Kier alpha value is -2.73. The van der Waals surface area contributed by atoms with E-state index in [0.717, 1.165) is 24.9 Å². The van der Waals surface area contributed by atoms with Crippen molar-refractivity contribution >= 4 is 5.91 Å². The predicted octanol–water partition coefficient (Wildman–Crippen LogP) is 2.18. The average molecular weight is 382 g/mol. The lowest BCUT2D eigenvalue weighted by molar-refractivity contribution is -0.122. The minimum atomic E-state index is -0.0970. The zero-order chi connectivity index (χ0) is 19.7. The molecule has 2 aliphatic rings. The molecule has 1 aliphatic heterocycles. The SMILES string of the molecule is COc1cc(OC)c(CN2CC2C(=O)NC2Cc3ccccc3C2)c(OC)c1. The van der Waals surface area contributed by atoms with Gasteiger partial charge < -0.3 is 19.5 Å². The van der Waals surface area contributed by atoms with Crippen LogP contribution >= 0.6 is 0 Å². The average Bonchev–Trinajstić information content (AvgIpc) is 3.37. The van der Waals surface area contributed by atoms with Crippen molar-refractivity contribution in [1.82, 2.24) is 10.2 Å². The molecule has 1 amide bonds. The molecule has 2 aromatic rings. The third-order valence-electron chi connectivity index (χ3n) is 5.59. The number of ether oxygens (including phenoxy) is 3. The van der Waals surface area contributed by atoms with Crippen molar-refractivity contribution in [1.29, 1.82) is 0 Å². The van der Waals surface area contributed by atoms with Gasteiger partial charge in [0.1, 0.15) is 23.3 Å². The van der Waals surface area contributed by atoms with E-state index < -0.39 is 0 Å². The van der Waals surface area contributed by atoms with E-state index in [1.165, 1.54) is 11.1 Å². The summed E-state index contributed by atoms with van der Waals surface area (Å²) in [5.41, 5.74) is 3.61. The predicted molar refractivity (Wildman–Crippen MR) is 106 cm³/mol. The number of fused-ring (bicyclic) bond motifs is 1. The second-order valence-corrected chi connectivity index (χ2v) is 7.34. The highest BCUT2D eigenvalue weighted by Gasteiger charge is 2.42. The van der Waals surface area contributed by atoms with Gasteiger partial charge in [-0.3, -0.25) is 9.69 Å². The fraction of sp³-hybridized carbons (Fsp3) is 0.409. The molecule has 0 aromatic heterocycles. The molecular formula is C22H26N2O4. The number of rotatable bonds is 7. The molecule has 2 aromatic carbocycles. The first-order valence-electron chi connectivity index (χ1n) is 9.53. The molecule has 148 valence electrons. The molecule has 2 unspecified atom stereocenters. The smallest absolute Gasteiger partial charge is 0.238 e. The zero-order valence-corrected chi connectivity index (χ0v) is 16.5. The molecular weight excluding hydrogens is 356 g/mol. The van der Waals surface area contributed by atoms with Crippen molar-refractivity contribution < 1.29 is 19.0 Å². The quantitative estimate of drug-likeness (QED) is 0.744. The van der Waals surface area contributed by atoms with Crippen LogP contribution in [0.25, 0.3) is 0 Å². The molecule has 4 rings (SSSR count). The summed E-state index contributed by atoms with van der Waals surface area (Å²) in [6, 6.07) is 12.2. The van der Waals surface area contributed by atoms with E-state index in [-0.39, 0.29) is 18.0 Å². The van der Waals surface area contributed by atoms with E-state index in [2.05, 4.69) is 34.5 Å². The van der Waals surface area contributed by atoms with Crippen molar-refractivity contribution in [3.8, 4) is 17.2 Å². The fourth-order valence-corrected chi connectivity index (χ4v) is 3.99. The highest BCUT2D eigenvalue weighted by atomic mass is 16.5. The summed E-state index contributed by atoms with van der Waals surface area (Å²) in [6.45, 7) is 1.34. The molecule has 6 heteroatoms. The second-order valence-electron chi connectivity index (χ2n) is 7.34. The van der Waals surface area contributed by atoms with E-state index in [9.17, 15) is 4.79 Å². The number of nitrogens with zero attached hydrogens (tertiary/aromatic N) is 1. The van der Waals surface area contributed by atoms with Crippen LogP contribution in [0.5, 0.6) is 17.2 Å². The third-order valence-corrected chi connectivity index (χ3v) is 5.59. The Morgan fingerprint density at radius 3 is 2.18 bits per heavy atom. The van der Waals surface area contributed by atoms with Crippen LogP contribution in [0.1, 0.15) is 16.7 Å². The molecule has 0 saturated carbocycles. The first kappa shape index (κ1) is 18.6. The van der Waals surface area contributed by atoms with E-state index in [4.69, 9.17) is 14.2 Å². The Morgan fingerprint density at radius 2 is 1.64 bits per heavy atom. The molecule has 1 aliphatic carbocycles. The fourth-order valence-electron chi connectivity index (χ4n) is 3.99. The summed E-state index contributed by atoms with van der Waals surface area (Å²) < 4.78 is 16.3. The van der Waals surface area contributed by atoms with Gasteiger partial charge in [0.15, 0.2) is 0 Å². The maximum absolute atomic E-state index is 12.7. The molecule has 0 radical (unpaired) electrons. The third kappa shape index (κ3) is 3.64. The summed E-state index contributed by atoms with van der Waals surface area (Å²) in [5.74, 6) is 2.18. The number of carbonyl (C=O) groups excluding carboxylic acids is 1. The van der Waals surface area contributed by atoms with Crippen LogP contribution in [-0.4, -0.2) is 50.8 Å². The molecule has 0 bridgehead atoms. The van der Waals surface area contributed by atoms with Crippen LogP contribution in [0.15, 0.2) is 36.4 Å². The standard InChI is InChI=1S/C22H26N2O4/c1-26-17-10-20(27-2)18(21(11-17)28-3)12-24-13-19(24)22(25)23-16-8-14-6-4-5-7-15(14)9-16/h4-7,10-11,16,19H,8-9,12-13H2,1-3H3,(H,23,25). The first-order valence-corrected chi connectivity index (χ1v) is 9.53. The van der Waals surface area contributed by atoms with Crippen LogP contribution in [-0.2, 0) is 24.2 Å². The van der Waals surface area contributed by atoms with Crippen molar-refractivity contribution in [3.63, 3.8) is 0 Å². The first-order chi connectivity index (χ1) is 13.6. The van der Waals surface area contributed by atoms with E-state index in [1.54, 1.807) is 21.3 Å². The van der Waals surface area contributed by atoms with Crippen molar-refractivity contribution in [2.24, 2.45) is 0 Å². The summed E-state index contributed by atoms with van der Waals surface area (Å²) in [5, 5.41) is 3.22. The van der Waals surface area contributed by atoms with Gasteiger partial charge in [0.2, 0.25) is 5.91 Å². The molecule has 1 N–H and O–H groups in total. The van der Waals surface area contributed by atoms with Crippen LogP contribution in [0.4, 0.5) is 0 Å². The number of carbonyl (C=O) groups is 1. The highest BCUT2D eigenvalue weighted by Crippen LogP contribution is 2.37. The molecule has 1 fully saturated rings. The van der Waals surface area contributed by atoms with Crippen molar-refractivity contribution in [2.75, 3.05) is 27.9 Å². The van der Waals surface area contributed by atoms with Crippen molar-refractivity contribution in [2.45, 2.75) is 31.5 Å². The summed E-state index contributed by atoms with van der Waals surface area (Å²) in [4.78, 5) is 14.8. The normalized spacial score (nSPS) is 20.4. The lowest BCUT2D eigenvalue weighted by Gasteiger charge is -2.16. The van der Waals surface area contributed by atoms with Crippen molar-refractivity contribution in [3.05, 3.63) is 53.1 Å². The second kappa shape index (κ2) is 7.72. The van der Waals surface area contributed by atoms with Crippen LogP contribution in [0, 0.1) is 0 Å². The number of nitrogens with one attached hydrogen (secondary N) is 1.